The van der Waals surface area contributed by atoms with Crippen LogP contribution in [0.2, 0.25) is 0 Å². The zero-order valence-corrected chi connectivity index (χ0v) is 7.49. The first-order valence-corrected chi connectivity index (χ1v) is 4.02. The maximum atomic E-state index is 11.3. The summed E-state index contributed by atoms with van der Waals surface area (Å²) in [5, 5.41) is 2.70. The van der Waals surface area contributed by atoms with Gasteiger partial charge in [-0.25, -0.2) is 0 Å². The van der Waals surface area contributed by atoms with Crippen molar-refractivity contribution in [1.82, 2.24) is 10.3 Å². The second kappa shape index (κ2) is 5.27. The van der Waals surface area contributed by atoms with Gasteiger partial charge >= 0.3 is 0 Å². The summed E-state index contributed by atoms with van der Waals surface area (Å²) in [6, 6.07) is 3.44. The van der Waals surface area contributed by atoms with E-state index in [0.29, 0.717) is 18.7 Å². The highest BCUT2D eigenvalue weighted by Crippen LogP contribution is 1.93. The van der Waals surface area contributed by atoms with Crippen LogP contribution in [0.4, 0.5) is 0 Å². The summed E-state index contributed by atoms with van der Waals surface area (Å²) in [6.07, 6.45) is 3.16. The van der Waals surface area contributed by atoms with Crippen molar-refractivity contribution >= 4 is 5.91 Å². The molecule has 1 amide bonds. The van der Waals surface area contributed by atoms with Crippen molar-refractivity contribution in [2.45, 2.75) is 0 Å². The van der Waals surface area contributed by atoms with E-state index < -0.39 is 0 Å². The quantitative estimate of drug-likeness (QED) is 0.685. The van der Waals surface area contributed by atoms with E-state index in [2.05, 4.69) is 10.3 Å². The zero-order valence-electron chi connectivity index (χ0n) is 7.49. The second-order valence-corrected chi connectivity index (χ2v) is 2.49. The molecule has 0 fully saturated rings. The number of hydrogen-bond donors (Lipinski definition) is 1. The maximum absolute atomic E-state index is 11.3. The van der Waals surface area contributed by atoms with Crippen molar-refractivity contribution < 1.29 is 9.53 Å². The van der Waals surface area contributed by atoms with Gasteiger partial charge in [0.1, 0.15) is 0 Å². The van der Waals surface area contributed by atoms with Gasteiger partial charge in [0, 0.05) is 26.0 Å². The number of nitrogens with zero attached hydrogens (tertiary/aromatic N) is 1. The van der Waals surface area contributed by atoms with Gasteiger partial charge < -0.3 is 10.1 Å². The fourth-order valence-corrected chi connectivity index (χ4v) is 0.866. The van der Waals surface area contributed by atoms with Crippen LogP contribution in [0.5, 0.6) is 0 Å². The Morgan fingerprint density at radius 1 is 1.69 bits per heavy atom. The number of carbonyl (C=O) groups is 1. The lowest BCUT2D eigenvalue weighted by Gasteiger charge is -2.02. The molecule has 0 unspecified atom stereocenters. The van der Waals surface area contributed by atoms with Crippen molar-refractivity contribution in [2.75, 3.05) is 20.3 Å². The number of nitrogens with one attached hydrogen (secondary N) is 1. The molecule has 4 heteroatoms. The lowest BCUT2D eigenvalue weighted by atomic mass is 10.3. The summed E-state index contributed by atoms with van der Waals surface area (Å²) in [5.41, 5.74) is 0.568. The molecule has 1 aromatic heterocycles. The fraction of sp³-hybridized carbons (Fsp3) is 0.333. The Labute approximate surface area is 76.9 Å². The number of carbonyl (C=O) groups excluding carboxylic acids is 1. The first-order valence-electron chi connectivity index (χ1n) is 4.02. The Bertz CT molecular complexity index is 262. The molecule has 0 aliphatic rings. The van der Waals surface area contributed by atoms with E-state index in [1.807, 2.05) is 0 Å². The van der Waals surface area contributed by atoms with Crippen LogP contribution in [0.25, 0.3) is 0 Å². The van der Waals surface area contributed by atoms with Gasteiger partial charge in [-0.2, -0.15) is 0 Å². The topological polar surface area (TPSA) is 51.2 Å². The average molecular weight is 180 g/mol. The molecule has 1 aromatic rings. The van der Waals surface area contributed by atoms with E-state index in [1.165, 1.54) is 6.20 Å². The third-order valence-electron chi connectivity index (χ3n) is 1.52. The van der Waals surface area contributed by atoms with Crippen LogP contribution >= 0.6 is 0 Å². The summed E-state index contributed by atoms with van der Waals surface area (Å²) in [6.45, 7) is 1.04. The van der Waals surface area contributed by atoms with Crippen LogP contribution in [0.1, 0.15) is 10.4 Å². The summed E-state index contributed by atoms with van der Waals surface area (Å²) >= 11 is 0. The predicted octanol–water partition coefficient (Wildman–Crippen LogP) is 0.458. The van der Waals surface area contributed by atoms with E-state index in [0.717, 1.165) is 0 Å². The van der Waals surface area contributed by atoms with Crippen molar-refractivity contribution in [3.63, 3.8) is 0 Å². The van der Waals surface area contributed by atoms with Gasteiger partial charge in [0.2, 0.25) is 0 Å². The monoisotopic (exact) mass is 180 g/mol. The Kier molecular flexibility index (Phi) is 3.92. The van der Waals surface area contributed by atoms with Crippen LogP contribution in [-0.4, -0.2) is 31.2 Å². The summed E-state index contributed by atoms with van der Waals surface area (Å²) in [5.74, 6) is -0.120. The molecule has 0 spiro atoms. The molecule has 4 nitrogen and oxygen atoms in total. The maximum Gasteiger partial charge on any atom is 0.252 e. The molecule has 1 N–H and O–H groups in total. The zero-order chi connectivity index (χ0) is 9.52. The van der Waals surface area contributed by atoms with Crippen LogP contribution in [-0.2, 0) is 4.74 Å². The van der Waals surface area contributed by atoms with E-state index in [-0.39, 0.29) is 5.91 Å². The smallest absolute Gasteiger partial charge is 0.252 e. The molecule has 0 aliphatic heterocycles. The van der Waals surface area contributed by atoms with E-state index in [1.54, 1.807) is 25.4 Å². The van der Waals surface area contributed by atoms with Gasteiger partial charge in [0.15, 0.2) is 0 Å². The molecule has 0 atom stereocenters. The number of hydrogen-bond acceptors (Lipinski definition) is 3. The van der Waals surface area contributed by atoms with Crippen molar-refractivity contribution in [1.29, 1.82) is 0 Å². The molecule has 1 heterocycles. The van der Waals surface area contributed by atoms with Crippen molar-refractivity contribution in [3.05, 3.63) is 30.1 Å². The molecule has 1 rings (SSSR count). The number of aromatic nitrogens is 1. The Hall–Kier alpha value is -1.42. The number of methoxy groups -OCH3 is 1. The highest BCUT2D eigenvalue weighted by atomic mass is 16.5. The third kappa shape index (κ3) is 3.21. The molecular weight excluding hydrogens is 168 g/mol. The lowest BCUT2D eigenvalue weighted by Crippen LogP contribution is -2.26. The summed E-state index contributed by atoms with van der Waals surface area (Å²) in [4.78, 5) is 15.2. The summed E-state index contributed by atoms with van der Waals surface area (Å²) < 4.78 is 4.80. The van der Waals surface area contributed by atoms with Crippen LogP contribution in [0.15, 0.2) is 24.5 Å². The third-order valence-corrected chi connectivity index (χ3v) is 1.52. The highest BCUT2D eigenvalue weighted by Gasteiger charge is 2.02. The molecule has 0 radical (unpaired) electrons. The molecule has 70 valence electrons. The van der Waals surface area contributed by atoms with Gasteiger partial charge in [-0.3, -0.25) is 9.78 Å². The average Bonchev–Trinajstić information content (AvgIpc) is 2.19. The number of pyridine rings is 1. The molecular formula is C9H12N2O2. The van der Waals surface area contributed by atoms with Crippen LogP contribution in [0.3, 0.4) is 0 Å². The first kappa shape index (κ1) is 9.67. The molecule has 0 aromatic carbocycles. The lowest BCUT2D eigenvalue weighted by molar-refractivity contribution is 0.0937. The van der Waals surface area contributed by atoms with Crippen LogP contribution in [0, 0.1) is 0 Å². The highest BCUT2D eigenvalue weighted by molar-refractivity contribution is 5.93. The summed E-state index contributed by atoms with van der Waals surface area (Å²) in [7, 11) is 1.59. The molecule has 0 aliphatic carbocycles. The van der Waals surface area contributed by atoms with Crippen LogP contribution < -0.4 is 5.32 Å². The molecule has 13 heavy (non-hydrogen) atoms. The van der Waals surface area contributed by atoms with Gasteiger partial charge in [-0.15, -0.1) is 0 Å². The molecule has 0 saturated carbocycles. The fourth-order valence-electron chi connectivity index (χ4n) is 0.866. The molecule has 0 saturated heterocycles. The van der Waals surface area contributed by atoms with Gasteiger partial charge in [0.05, 0.1) is 12.2 Å². The minimum absolute atomic E-state index is 0.120. The second-order valence-electron chi connectivity index (χ2n) is 2.49. The number of ether oxygens (including phenoxy) is 1. The van der Waals surface area contributed by atoms with Gasteiger partial charge in [0.25, 0.3) is 5.91 Å². The molecule has 0 bridgehead atoms. The van der Waals surface area contributed by atoms with E-state index in [4.69, 9.17) is 4.74 Å². The minimum Gasteiger partial charge on any atom is -0.383 e. The minimum atomic E-state index is -0.120. The largest absolute Gasteiger partial charge is 0.383 e. The normalized spacial score (nSPS) is 9.62. The Morgan fingerprint density at radius 3 is 3.15 bits per heavy atom. The Balaban J connectivity index is 2.40. The van der Waals surface area contributed by atoms with Crippen molar-refractivity contribution in [3.8, 4) is 0 Å². The van der Waals surface area contributed by atoms with Crippen molar-refractivity contribution in [2.24, 2.45) is 0 Å². The SMILES string of the molecule is COCCNC(=O)c1cccnc1. The number of rotatable bonds is 4. The Morgan fingerprint density at radius 2 is 2.54 bits per heavy atom. The standard InChI is InChI=1S/C9H12N2O2/c1-13-6-5-11-9(12)8-3-2-4-10-7-8/h2-4,7H,5-6H2,1H3,(H,11,12). The first-order chi connectivity index (χ1) is 6.34. The van der Waals surface area contributed by atoms with E-state index in [9.17, 15) is 4.79 Å². The number of amides is 1. The van der Waals surface area contributed by atoms with Gasteiger partial charge in [-0.05, 0) is 12.1 Å². The van der Waals surface area contributed by atoms with Gasteiger partial charge in [-0.1, -0.05) is 0 Å². The van der Waals surface area contributed by atoms with E-state index >= 15 is 0 Å². The predicted molar refractivity (Wildman–Crippen MR) is 48.4 cm³/mol.